The zero-order valence-corrected chi connectivity index (χ0v) is 13.4. The molecule has 20 heavy (non-hydrogen) atoms. The third-order valence-electron chi connectivity index (χ3n) is 2.78. The number of benzene rings is 2. The Labute approximate surface area is 133 Å². The minimum atomic E-state index is -0.894. The summed E-state index contributed by atoms with van der Waals surface area (Å²) in [6, 6.07) is 7.06. The van der Waals surface area contributed by atoms with Crippen LogP contribution >= 0.6 is 39.1 Å². The summed E-state index contributed by atoms with van der Waals surface area (Å²) in [5.41, 5.74) is 0.536. The molecule has 2 aromatic rings. The summed E-state index contributed by atoms with van der Waals surface area (Å²) in [5.74, 6) is -0.899. The van der Waals surface area contributed by atoms with Gasteiger partial charge >= 0.3 is 0 Å². The normalized spacial score (nSPS) is 12.3. The van der Waals surface area contributed by atoms with Crippen LogP contribution in [0.1, 0.15) is 16.5 Å². The summed E-state index contributed by atoms with van der Waals surface area (Å²) in [7, 11) is 1.48. The molecule has 0 heterocycles. The average molecular weight is 382 g/mol. The molecule has 1 unspecified atom stereocenters. The first-order valence-electron chi connectivity index (χ1n) is 5.56. The van der Waals surface area contributed by atoms with Crippen LogP contribution in [0.3, 0.4) is 0 Å². The van der Waals surface area contributed by atoms with Crippen molar-refractivity contribution in [3.05, 3.63) is 62.6 Å². The van der Waals surface area contributed by atoms with Crippen molar-refractivity contribution in [2.45, 2.75) is 5.38 Å². The van der Waals surface area contributed by atoms with Gasteiger partial charge in [-0.2, -0.15) is 0 Å². The second kappa shape index (κ2) is 6.29. The van der Waals surface area contributed by atoms with Crippen LogP contribution in [-0.2, 0) is 0 Å². The number of rotatable bonds is 3. The highest BCUT2D eigenvalue weighted by Crippen LogP contribution is 2.38. The smallest absolute Gasteiger partial charge is 0.142 e. The maximum Gasteiger partial charge on any atom is 0.142 e. The molecule has 0 radical (unpaired) electrons. The van der Waals surface area contributed by atoms with Crippen molar-refractivity contribution in [2.75, 3.05) is 7.11 Å². The van der Waals surface area contributed by atoms with E-state index in [2.05, 4.69) is 15.9 Å². The monoisotopic (exact) mass is 380 g/mol. The Bertz CT molecular complexity index is 649. The van der Waals surface area contributed by atoms with E-state index < -0.39 is 17.0 Å². The van der Waals surface area contributed by atoms with Gasteiger partial charge in [-0.1, -0.05) is 27.5 Å². The minimum Gasteiger partial charge on any atom is -0.496 e. The fourth-order valence-electron chi connectivity index (χ4n) is 1.80. The summed E-state index contributed by atoms with van der Waals surface area (Å²) in [6.45, 7) is 0. The van der Waals surface area contributed by atoms with Gasteiger partial charge in [0.1, 0.15) is 17.4 Å². The van der Waals surface area contributed by atoms with Gasteiger partial charge in [0.05, 0.1) is 17.5 Å². The molecule has 0 saturated carbocycles. The van der Waals surface area contributed by atoms with Crippen LogP contribution < -0.4 is 4.74 Å². The van der Waals surface area contributed by atoms with Gasteiger partial charge in [-0.25, -0.2) is 8.78 Å². The first-order chi connectivity index (χ1) is 9.43. The van der Waals surface area contributed by atoms with Crippen LogP contribution in [0.4, 0.5) is 8.78 Å². The molecular weight excluding hydrogens is 373 g/mol. The third-order valence-corrected chi connectivity index (χ3v) is 4.03. The number of methoxy groups -OCH3 is 1. The lowest BCUT2D eigenvalue weighted by Crippen LogP contribution is -2.01. The molecule has 0 aliphatic heterocycles. The highest BCUT2D eigenvalue weighted by atomic mass is 79.9. The van der Waals surface area contributed by atoms with Crippen LogP contribution in [-0.4, -0.2) is 7.11 Å². The Balaban J connectivity index is 2.54. The van der Waals surface area contributed by atoms with Crippen molar-refractivity contribution in [1.82, 2.24) is 0 Å². The van der Waals surface area contributed by atoms with E-state index in [0.29, 0.717) is 11.3 Å². The van der Waals surface area contributed by atoms with Gasteiger partial charge in [0.15, 0.2) is 0 Å². The predicted molar refractivity (Wildman–Crippen MR) is 79.8 cm³/mol. The van der Waals surface area contributed by atoms with E-state index >= 15 is 0 Å². The molecule has 0 saturated heterocycles. The molecule has 0 bridgehead atoms. The second-order valence-electron chi connectivity index (χ2n) is 4.04. The fourth-order valence-corrected chi connectivity index (χ4v) is 2.67. The Morgan fingerprint density at radius 1 is 1.10 bits per heavy atom. The lowest BCUT2D eigenvalue weighted by Gasteiger charge is -2.16. The maximum absolute atomic E-state index is 13.9. The summed E-state index contributed by atoms with van der Waals surface area (Å²) in [5, 5.41) is -1.18. The van der Waals surface area contributed by atoms with Gasteiger partial charge in [0.2, 0.25) is 0 Å². The van der Waals surface area contributed by atoms with E-state index in [0.717, 1.165) is 16.6 Å². The number of alkyl halides is 1. The maximum atomic E-state index is 13.9. The molecule has 106 valence electrons. The zero-order valence-electron chi connectivity index (χ0n) is 10.3. The molecule has 2 rings (SSSR count). The van der Waals surface area contributed by atoms with E-state index in [1.165, 1.54) is 7.11 Å². The zero-order chi connectivity index (χ0) is 14.9. The molecule has 0 aliphatic rings. The highest BCUT2D eigenvalue weighted by Gasteiger charge is 2.21. The van der Waals surface area contributed by atoms with Crippen LogP contribution in [0.15, 0.2) is 34.8 Å². The Morgan fingerprint density at radius 3 is 2.45 bits per heavy atom. The summed E-state index contributed by atoms with van der Waals surface area (Å²) >= 11 is 15.1. The molecular formula is C14H9BrCl2F2O. The SMILES string of the molecule is COc1ccc(Br)cc1C(Cl)c1cc(F)c(Cl)cc1F. The molecule has 1 nitrogen and oxygen atoms in total. The molecule has 0 spiro atoms. The molecule has 0 aromatic heterocycles. The molecule has 0 aliphatic carbocycles. The number of hydrogen-bond donors (Lipinski definition) is 0. The topological polar surface area (TPSA) is 9.23 Å². The molecule has 0 N–H and O–H groups in total. The molecule has 0 fully saturated rings. The van der Waals surface area contributed by atoms with Gasteiger partial charge in [-0.15, -0.1) is 11.6 Å². The van der Waals surface area contributed by atoms with E-state index in [1.807, 2.05) is 0 Å². The van der Waals surface area contributed by atoms with Crippen molar-refractivity contribution >= 4 is 39.1 Å². The molecule has 6 heteroatoms. The highest BCUT2D eigenvalue weighted by molar-refractivity contribution is 9.10. The lowest BCUT2D eigenvalue weighted by molar-refractivity contribution is 0.410. The Morgan fingerprint density at radius 2 is 1.80 bits per heavy atom. The quantitative estimate of drug-likeness (QED) is 0.488. The van der Waals surface area contributed by atoms with Crippen LogP contribution in [0.2, 0.25) is 5.02 Å². The summed E-state index contributed by atoms with van der Waals surface area (Å²) in [6.07, 6.45) is 0. The first-order valence-corrected chi connectivity index (χ1v) is 7.16. The van der Waals surface area contributed by atoms with E-state index in [9.17, 15) is 8.78 Å². The summed E-state index contributed by atoms with van der Waals surface area (Å²) < 4.78 is 33.4. The predicted octanol–water partition coefficient (Wildman–Crippen LogP) is 5.72. The van der Waals surface area contributed by atoms with Crippen molar-refractivity contribution in [2.24, 2.45) is 0 Å². The number of ether oxygens (including phenoxy) is 1. The van der Waals surface area contributed by atoms with Crippen LogP contribution in [0.5, 0.6) is 5.75 Å². The Kier molecular flexibility index (Phi) is 4.89. The molecule has 0 amide bonds. The lowest BCUT2D eigenvalue weighted by atomic mass is 10.0. The van der Waals surface area contributed by atoms with E-state index in [4.69, 9.17) is 27.9 Å². The van der Waals surface area contributed by atoms with Gasteiger partial charge in [0, 0.05) is 15.6 Å². The second-order valence-corrected chi connectivity index (χ2v) is 5.80. The third kappa shape index (κ3) is 3.08. The van der Waals surface area contributed by atoms with Crippen molar-refractivity contribution in [3.8, 4) is 5.75 Å². The van der Waals surface area contributed by atoms with Gasteiger partial charge in [0.25, 0.3) is 0 Å². The van der Waals surface area contributed by atoms with Crippen LogP contribution in [0, 0.1) is 11.6 Å². The van der Waals surface area contributed by atoms with Gasteiger partial charge in [-0.05, 0) is 30.3 Å². The van der Waals surface area contributed by atoms with Gasteiger partial charge < -0.3 is 4.74 Å². The number of halogens is 5. The van der Waals surface area contributed by atoms with Crippen LogP contribution in [0.25, 0.3) is 0 Å². The summed E-state index contributed by atoms with van der Waals surface area (Å²) in [4.78, 5) is 0. The Hall–Kier alpha value is -0.840. The molecule has 2 aromatic carbocycles. The minimum absolute atomic E-state index is 0.00460. The fraction of sp³-hybridized carbons (Fsp3) is 0.143. The van der Waals surface area contributed by atoms with Gasteiger partial charge in [-0.3, -0.25) is 0 Å². The van der Waals surface area contributed by atoms with Crippen molar-refractivity contribution in [3.63, 3.8) is 0 Å². The average Bonchev–Trinajstić information content (AvgIpc) is 2.42. The van der Waals surface area contributed by atoms with E-state index in [-0.39, 0.29) is 10.6 Å². The van der Waals surface area contributed by atoms with Crippen molar-refractivity contribution < 1.29 is 13.5 Å². The standard InChI is InChI=1S/C14H9BrCl2F2O/c1-20-13-3-2-7(15)4-9(13)14(17)8-5-12(19)10(16)6-11(8)18/h2-6,14H,1H3. The molecule has 1 atom stereocenters. The largest absolute Gasteiger partial charge is 0.496 e. The first kappa shape index (κ1) is 15.5. The van der Waals surface area contributed by atoms with Crippen molar-refractivity contribution in [1.29, 1.82) is 0 Å². The number of hydrogen-bond acceptors (Lipinski definition) is 1. The van der Waals surface area contributed by atoms with E-state index in [1.54, 1.807) is 18.2 Å².